The highest BCUT2D eigenvalue weighted by atomic mass is 35.5. The summed E-state index contributed by atoms with van der Waals surface area (Å²) in [6.07, 6.45) is 6.71. The minimum absolute atomic E-state index is 0.00653. The maximum absolute atomic E-state index is 13.2. The summed E-state index contributed by atoms with van der Waals surface area (Å²) in [5.41, 5.74) is 0.959. The highest BCUT2D eigenvalue weighted by molar-refractivity contribution is 7.99. The van der Waals surface area contributed by atoms with Crippen molar-refractivity contribution in [1.82, 2.24) is 10.2 Å². The van der Waals surface area contributed by atoms with Gasteiger partial charge in [0.15, 0.2) is 0 Å². The van der Waals surface area contributed by atoms with Gasteiger partial charge >= 0.3 is 0 Å². The van der Waals surface area contributed by atoms with Crippen LogP contribution in [0.3, 0.4) is 0 Å². The van der Waals surface area contributed by atoms with Gasteiger partial charge in [-0.1, -0.05) is 54.6 Å². The summed E-state index contributed by atoms with van der Waals surface area (Å²) in [4.78, 5) is 29.0. The number of rotatable bonds is 10. The molecule has 1 saturated carbocycles. The summed E-state index contributed by atoms with van der Waals surface area (Å²) < 4.78 is 0. The maximum Gasteiger partial charge on any atom is 0.242 e. The molecule has 0 heterocycles. The molecule has 1 unspecified atom stereocenters. The Labute approximate surface area is 211 Å². The molecular weight excluding hydrogens is 475 g/mol. The quantitative estimate of drug-likeness (QED) is 0.287. The highest BCUT2D eigenvalue weighted by Gasteiger charge is 2.27. The molecule has 2 aromatic carbocycles. The van der Waals surface area contributed by atoms with E-state index in [2.05, 4.69) is 5.32 Å². The maximum atomic E-state index is 13.2. The predicted octanol–water partition coefficient (Wildman–Crippen LogP) is 6.73. The number of halogens is 2. The second-order valence-corrected chi connectivity index (χ2v) is 10.6. The van der Waals surface area contributed by atoms with Crippen molar-refractivity contribution in [3.63, 3.8) is 0 Å². The third-order valence-corrected chi connectivity index (χ3v) is 7.60. The molecule has 0 spiro atoms. The summed E-state index contributed by atoms with van der Waals surface area (Å²) >= 11 is 13.7. The van der Waals surface area contributed by atoms with Gasteiger partial charge in [-0.05, 0) is 73.9 Å². The van der Waals surface area contributed by atoms with Crippen LogP contribution in [0, 0.1) is 0 Å². The van der Waals surface area contributed by atoms with Gasteiger partial charge in [0.2, 0.25) is 11.8 Å². The first-order chi connectivity index (χ1) is 15.9. The molecule has 1 atom stereocenters. The second-order valence-electron chi connectivity index (χ2n) is 8.57. The van der Waals surface area contributed by atoms with Crippen molar-refractivity contribution in [3.8, 4) is 0 Å². The van der Waals surface area contributed by atoms with Crippen molar-refractivity contribution in [2.75, 3.05) is 5.75 Å². The molecule has 1 N–H and O–H groups in total. The first kappa shape index (κ1) is 25.9. The van der Waals surface area contributed by atoms with E-state index in [-0.39, 0.29) is 17.9 Å². The Kier molecular flexibility index (Phi) is 10.4. The second kappa shape index (κ2) is 13.3. The van der Waals surface area contributed by atoms with Crippen molar-refractivity contribution < 1.29 is 9.59 Å². The number of nitrogens with one attached hydrogen (secondary N) is 1. The van der Waals surface area contributed by atoms with Crippen LogP contribution in [0.2, 0.25) is 10.0 Å². The topological polar surface area (TPSA) is 49.4 Å². The van der Waals surface area contributed by atoms with E-state index in [0.29, 0.717) is 23.0 Å². The molecule has 33 heavy (non-hydrogen) atoms. The van der Waals surface area contributed by atoms with Gasteiger partial charge in [0.25, 0.3) is 0 Å². The molecule has 1 aliphatic rings. The van der Waals surface area contributed by atoms with Crippen molar-refractivity contribution >= 4 is 46.8 Å². The molecule has 2 aromatic rings. The first-order valence-corrected chi connectivity index (χ1v) is 13.4. The monoisotopic (exact) mass is 506 g/mol. The molecule has 0 bridgehead atoms. The molecular formula is C26H32Cl2N2O2S. The molecule has 4 nitrogen and oxygen atoms in total. The number of hydrogen-bond donors (Lipinski definition) is 1. The molecule has 0 radical (unpaired) electrons. The van der Waals surface area contributed by atoms with Gasteiger partial charge < -0.3 is 10.2 Å². The van der Waals surface area contributed by atoms with Crippen molar-refractivity contribution in [3.05, 3.63) is 64.1 Å². The van der Waals surface area contributed by atoms with E-state index in [4.69, 9.17) is 23.2 Å². The fourth-order valence-electron chi connectivity index (χ4n) is 4.03. The third kappa shape index (κ3) is 8.55. The van der Waals surface area contributed by atoms with Crippen LogP contribution in [0.5, 0.6) is 0 Å². The highest BCUT2D eigenvalue weighted by Crippen LogP contribution is 2.23. The summed E-state index contributed by atoms with van der Waals surface area (Å²) in [7, 11) is 0. The number of nitrogens with zero attached hydrogens (tertiary/aromatic N) is 1. The van der Waals surface area contributed by atoms with Gasteiger partial charge in [-0.2, -0.15) is 0 Å². The molecule has 1 fully saturated rings. The van der Waals surface area contributed by atoms with Crippen molar-refractivity contribution in [2.45, 2.75) is 75.4 Å². The summed E-state index contributed by atoms with van der Waals surface area (Å²) in [6, 6.07) is 14.8. The molecule has 178 valence electrons. The molecule has 0 saturated heterocycles. The number of carbonyl (C=O) groups excluding carboxylic acids is 2. The average molecular weight is 508 g/mol. The molecule has 0 aliphatic heterocycles. The standard InChI is InChI=1S/C26H32Cl2N2O2S/c1-19(26(32)29-23-6-3-2-4-7-23)30(18-20-9-11-21(27)12-10-20)25(31)8-5-17-33-24-15-13-22(28)14-16-24/h9-16,19,23H,2-8,17-18H2,1H3,(H,29,32). The number of benzene rings is 2. The predicted molar refractivity (Wildman–Crippen MR) is 138 cm³/mol. The van der Waals surface area contributed by atoms with Crippen molar-refractivity contribution in [2.24, 2.45) is 0 Å². The molecule has 0 aromatic heterocycles. The van der Waals surface area contributed by atoms with E-state index in [9.17, 15) is 9.59 Å². The Balaban J connectivity index is 1.59. The van der Waals surface area contributed by atoms with Crippen LogP contribution in [-0.2, 0) is 16.1 Å². The van der Waals surface area contributed by atoms with Gasteiger partial charge in [0.05, 0.1) is 0 Å². The molecule has 3 rings (SSSR count). The minimum atomic E-state index is -0.529. The van der Waals surface area contributed by atoms with Crippen LogP contribution < -0.4 is 5.32 Å². The van der Waals surface area contributed by atoms with Gasteiger partial charge in [-0.3, -0.25) is 9.59 Å². The number of amides is 2. The lowest BCUT2D eigenvalue weighted by Crippen LogP contribution is -2.50. The zero-order valence-electron chi connectivity index (χ0n) is 19.1. The number of carbonyl (C=O) groups is 2. The smallest absolute Gasteiger partial charge is 0.242 e. The lowest BCUT2D eigenvalue weighted by atomic mass is 9.95. The summed E-state index contributed by atoms with van der Waals surface area (Å²) in [5.74, 6) is 0.748. The Hall–Kier alpha value is -1.69. The van der Waals surface area contributed by atoms with E-state index >= 15 is 0 Å². The van der Waals surface area contributed by atoms with Crippen LogP contribution in [-0.4, -0.2) is 34.6 Å². The Morgan fingerprint density at radius 2 is 1.61 bits per heavy atom. The molecule has 7 heteroatoms. The van der Waals surface area contributed by atoms with E-state index in [0.717, 1.165) is 48.3 Å². The van der Waals surface area contributed by atoms with Crippen LogP contribution in [0.25, 0.3) is 0 Å². The zero-order valence-corrected chi connectivity index (χ0v) is 21.4. The normalized spacial score (nSPS) is 15.1. The summed E-state index contributed by atoms with van der Waals surface area (Å²) in [5, 5.41) is 4.54. The minimum Gasteiger partial charge on any atom is -0.352 e. The Morgan fingerprint density at radius 1 is 1.00 bits per heavy atom. The third-order valence-electron chi connectivity index (χ3n) is 6.00. The van der Waals surface area contributed by atoms with Gasteiger partial charge in [-0.25, -0.2) is 0 Å². The van der Waals surface area contributed by atoms with Crippen LogP contribution in [0.4, 0.5) is 0 Å². The Bertz CT molecular complexity index is 900. The molecule has 2 amide bonds. The van der Waals surface area contributed by atoms with E-state index < -0.39 is 6.04 Å². The zero-order chi connectivity index (χ0) is 23.6. The van der Waals surface area contributed by atoms with Gasteiger partial charge in [0.1, 0.15) is 6.04 Å². The van der Waals surface area contributed by atoms with Crippen LogP contribution in [0.15, 0.2) is 53.4 Å². The van der Waals surface area contributed by atoms with E-state index in [1.165, 1.54) is 6.42 Å². The summed E-state index contributed by atoms with van der Waals surface area (Å²) in [6.45, 7) is 2.22. The van der Waals surface area contributed by atoms with Crippen LogP contribution >= 0.6 is 35.0 Å². The van der Waals surface area contributed by atoms with Gasteiger partial charge in [0, 0.05) is 33.9 Å². The Morgan fingerprint density at radius 3 is 2.24 bits per heavy atom. The lowest BCUT2D eigenvalue weighted by molar-refractivity contribution is -0.141. The van der Waals surface area contributed by atoms with Crippen LogP contribution in [0.1, 0.15) is 57.4 Å². The number of thioether (sulfide) groups is 1. The SMILES string of the molecule is CC(C(=O)NC1CCCCC1)N(Cc1ccc(Cl)cc1)C(=O)CCCSc1ccc(Cl)cc1. The molecule has 1 aliphatic carbocycles. The largest absolute Gasteiger partial charge is 0.352 e. The fraction of sp³-hybridized carbons (Fsp3) is 0.462. The number of hydrogen-bond acceptors (Lipinski definition) is 3. The fourth-order valence-corrected chi connectivity index (χ4v) is 5.13. The van der Waals surface area contributed by atoms with E-state index in [1.54, 1.807) is 16.7 Å². The van der Waals surface area contributed by atoms with E-state index in [1.807, 2.05) is 55.5 Å². The first-order valence-electron chi connectivity index (χ1n) is 11.6. The average Bonchev–Trinajstić information content (AvgIpc) is 2.82. The van der Waals surface area contributed by atoms with Gasteiger partial charge in [-0.15, -0.1) is 11.8 Å². The van der Waals surface area contributed by atoms with Crippen molar-refractivity contribution in [1.29, 1.82) is 0 Å². The lowest BCUT2D eigenvalue weighted by Gasteiger charge is -2.31.